The molecule has 0 amide bonds. The van der Waals surface area contributed by atoms with E-state index in [0.717, 1.165) is 23.5 Å². The molecule has 0 fully saturated rings. The molecular formula is C10H8F3N3S. The molecule has 0 aliphatic rings. The number of benzene rings is 1. The minimum absolute atomic E-state index is 0.0799. The number of hydrogen-bond donors (Lipinski definition) is 1. The highest BCUT2D eigenvalue weighted by Gasteiger charge is 2.17. The quantitative estimate of drug-likeness (QED) is 0.860. The summed E-state index contributed by atoms with van der Waals surface area (Å²) in [5.74, 6) is -3.95. The third-order valence-corrected chi connectivity index (χ3v) is 3.02. The molecule has 90 valence electrons. The van der Waals surface area contributed by atoms with Gasteiger partial charge in [-0.25, -0.2) is 13.2 Å². The van der Waals surface area contributed by atoms with Gasteiger partial charge < -0.3 is 5.32 Å². The Bertz CT molecular complexity index is 542. The number of nitrogens with zero attached hydrogens (tertiary/aromatic N) is 2. The third kappa shape index (κ3) is 2.29. The molecule has 17 heavy (non-hydrogen) atoms. The van der Waals surface area contributed by atoms with Gasteiger partial charge in [0.05, 0.1) is 5.56 Å². The number of hydrogen-bond acceptors (Lipinski definition) is 4. The van der Waals surface area contributed by atoms with Crippen LogP contribution in [0.15, 0.2) is 12.1 Å². The van der Waals surface area contributed by atoms with Crippen molar-refractivity contribution in [2.45, 2.75) is 6.54 Å². The molecular weight excluding hydrogens is 251 g/mol. The topological polar surface area (TPSA) is 37.8 Å². The molecule has 1 aromatic heterocycles. The van der Waals surface area contributed by atoms with Crippen LogP contribution in [0.4, 0.5) is 13.2 Å². The minimum Gasteiger partial charge on any atom is -0.313 e. The standard InChI is InChI=1S/C10H8F3N3S/c1-14-4-7-15-16-10(17-7)5-2-3-6(11)9(13)8(5)12/h2-3,14H,4H2,1H3. The largest absolute Gasteiger partial charge is 0.313 e. The van der Waals surface area contributed by atoms with Crippen LogP contribution in [0, 0.1) is 17.5 Å². The Labute approximate surface area is 99.3 Å². The Morgan fingerprint density at radius 1 is 1.18 bits per heavy atom. The molecule has 0 unspecified atom stereocenters. The van der Waals surface area contributed by atoms with Crippen molar-refractivity contribution in [2.75, 3.05) is 7.05 Å². The molecule has 2 rings (SSSR count). The Kier molecular flexibility index (Phi) is 3.39. The lowest BCUT2D eigenvalue weighted by molar-refractivity contribution is 0.449. The summed E-state index contributed by atoms with van der Waals surface area (Å²) in [7, 11) is 1.74. The van der Waals surface area contributed by atoms with Crippen molar-refractivity contribution in [1.29, 1.82) is 0 Å². The van der Waals surface area contributed by atoms with Crippen LogP contribution in [-0.4, -0.2) is 17.2 Å². The zero-order valence-corrected chi connectivity index (χ0v) is 9.61. The Hall–Kier alpha value is -1.47. The van der Waals surface area contributed by atoms with Gasteiger partial charge in [0.1, 0.15) is 5.01 Å². The lowest BCUT2D eigenvalue weighted by Gasteiger charge is -1.99. The van der Waals surface area contributed by atoms with E-state index >= 15 is 0 Å². The van der Waals surface area contributed by atoms with E-state index in [9.17, 15) is 13.2 Å². The molecule has 2 aromatic rings. The molecule has 1 aromatic carbocycles. The van der Waals surface area contributed by atoms with Gasteiger partial charge in [-0.3, -0.25) is 0 Å². The SMILES string of the molecule is CNCc1nnc(-c2ccc(F)c(F)c2F)s1. The molecule has 7 heteroatoms. The van der Waals surface area contributed by atoms with Gasteiger partial charge >= 0.3 is 0 Å². The van der Waals surface area contributed by atoms with Crippen LogP contribution in [0.5, 0.6) is 0 Å². The van der Waals surface area contributed by atoms with E-state index in [1.54, 1.807) is 7.05 Å². The molecule has 0 atom stereocenters. The van der Waals surface area contributed by atoms with Crippen LogP contribution in [0.3, 0.4) is 0 Å². The fraction of sp³-hybridized carbons (Fsp3) is 0.200. The van der Waals surface area contributed by atoms with E-state index in [-0.39, 0.29) is 10.6 Å². The Balaban J connectivity index is 2.42. The smallest absolute Gasteiger partial charge is 0.195 e. The lowest BCUT2D eigenvalue weighted by Crippen LogP contribution is -2.04. The number of halogens is 3. The Morgan fingerprint density at radius 3 is 2.65 bits per heavy atom. The summed E-state index contributed by atoms with van der Waals surface area (Å²) in [6, 6.07) is 2.02. The molecule has 0 aliphatic heterocycles. The first-order chi connectivity index (χ1) is 8.13. The summed E-state index contributed by atoms with van der Waals surface area (Å²) in [5, 5.41) is 11.3. The molecule has 0 aliphatic carbocycles. The maximum atomic E-state index is 13.5. The highest BCUT2D eigenvalue weighted by atomic mass is 32.1. The van der Waals surface area contributed by atoms with E-state index in [4.69, 9.17) is 0 Å². The van der Waals surface area contributed by atoms with Crippen molar-refractivity contribution in [2.24, 2.45) is 0 Å². The van der Waals surface area contributed by atoms with E-state index in [0.29, 0.717) is 11.6 Å². The summed E-state index contributed by atoms with van der Waals surface area (Å²) in [6.07, 6.45) is 0. The van der Waals surface area contributed by atoms with Crippen molar-refractivity contribution in [3.05, 3.63) is 34.6 Å². The van der Waals surface area contributed by atoms with Gasteiger partial charge in [0, 0.05) is 6.54 Å². The first kappa shape index (κ1) is 12.0. The predicted octanol–water partition coefficient (Wildman–Crippen LogP) is 2.34. The highest BCUT2D eigenvalue weighted by Crippen LogP contribution is 2.28. The predicted molar refractivity (Wildman–Crippen MR) is 58.0 cm³/mol. The molecule has 0 spiro atoms. The van der Waals surface area contributed by atoms with Crippen molar-refractivity contribution in [3.8, 4) is 10.6 Å². The zero-order chi connectivity index (χ0) is 12.4. The van der Waals surface area contributed by atoms with E-state index in [2.05, 4.69) is 15.5 Å². The van der Waals surface area contributed by atoms with E-state index in [1.165, 1.54) is 0 Å². The van der Waals surface area contributed by atoms with Gasteiger partial charge in [-0.1, -0.05) is 11.3 Å². The van der Waals surface area contributed by atoms with Crippen molar-refractivity contribution in [3.63, 3.8) is 0 Å². The van der Waals surface area contributed by atoms with Crippen LogP contribution in [0.25, 0.3) is 10.6 Å². The van der Waals surface area contributed by atoms with Crippen LogP contribution in [-0.2, 0) is 6.54 Å². The van der Waals surface area contributed by atoms with Crippen LogP contribution in [0.1, 0.15) is 5.01 Å². The van der Waals surface area contributed by atoms with Crippen molar-refractivity contribution in [1.82, 2.24) is 15.5 Å². The van der Waals surface area contributed by atoms with E-state index in [1.807, 2.05) is 0 Å². The van der Waals surface area contributed by atoms with Gasteiger partial charge in [0.25, 0.3) is 0 Å². The number of rotatable bonds is 3. The summed E-state index contributed by atoms with van der Waals surface area (Å²) < 4.78 is 39.2. The van der Waals surface area contributed by atoms with Gasteiger partial charge in [-0.2, -0.15) is 0 Å². The molecule has 0 radical (unpaired) electrons. The zero-order valence-electron chi connectivity index (χ0n) is 8.80. The van der Waals surface area contributed by atoms with Crippen LogP contribution < -0.4 is 5.32 Å². The van der Waals surface area contributed by atoms with Crippen LogP contribution in [0.2, 0.25) is 0 Å². The first-order valence-electron chi connectivity index (χ1n) is 4.74. The number of nitrogens with one attached hydrogen (secondary N) is 1. The second-order valence-electron chi connectivity index (χ2n) is 3.25. The molecule has 0 saturated heterocycles. The maximum Gasteiger partial charge on any atom is 0.195 e. The average molecular weight is 259 g/mol. The highest BCUT2D eigenvalue weighted by molar-refractivity contribution is 7.14. The maximum absolute atomic E-state index is 13.5. The van der Waals surface area contributed by atoms with Crippen LogP contribution >= 0.6 is 11.3 Å². The summed E-state index contributed by atoms with van der Waals surface area (Å²) in [4.78, 5) is 0. The van der Waals surface area contributed by atoms with Crippen molar-refractivity contribution < 1.29 is 13.2 Å². The van der Waals surface area contributed by atoms with Gasteiger partial charge in [0.2, 0.25) is 0 Å². The molecule has 3 nitrogen and oxygen atoms in total. The minimum atomic E-state index is -1.49. The van der Waals surface area contributed by atoms with Gasteiger partial charge in [-0.05, 0) is 19.2 Å². The average Bonchev–Trinajstić information content (AvgIpc) is 2.75. The van der Waals surface area contributed by atoms with Gasteiger partial charge in [0.15, 0.2) is 22.5 Å². The third-order valence-electron chi connectivity index (χ3n) is 2.06. The Morgan fingerprint density at radius 2 is 1.94 bits per heavy atom. The monoisotopic (exact) mass is 259 g/mol. The van der Waals surface area contributed by atoms with Gasteiger partial charge in [-0.15, -0.1) is 10.2 Å². The summed E-state index contributed by atoms with van der Waals surface area (Å²) in [5.41, 5.74) is -0.0799. The normalized spacial score (nSPS) is 10.8. The second kappa shape index (κ2) is 4.80. The lowest BCUT2D eigenvalue weighted by atomic mass is 10.2. The summed E-state index contributed by atoms with van der Waals surface area (Å²) >= 11 is 1.13. The second-order valence-corrected chi connectivity index (χ2v) is 4.32. The van der Waals surface area contributed by atoms with Crippen molar-refractivity contribution >= 4 is 11.3 Å². The fourth-order valence-electron chi connectivity index (χ4n) is 1.28. The molecule has 1 heterocycles. The fourth-order valence-corrected chi connectivity index (χ4v) is 2.15. The molecule has 0 bridgehead atoms. The molecule has 0 saturated carbocycles. The number of aromatic nitrogens is 2. The molecule has 1 N–H and O–H groups in total. The first-order valence-corrected chi connectivity index (χ1v) is 5.56. The summed E-state index contributed by atoms with van der Waals surface area (Å²) in [6.45, 7) is 0.489. The van der Waals surface area contributed by atoms with E-state index < -0.39 is 17.5 Å².